The largest absolute Gasteiger partial charge is 0.480 e. The van der Waals surface area contributed by atoms with E-state index in [0.717, 1.165) is 0 Å². The van der Waals surface area contributed by atoms with Gasteiger partial charge in [-0.1, -0.05) is 36.4 Å². The maximum Gasteiger partial charge on any atom is 0.331 e. The van der Waals surface area contributed by atoms with Crippen molar-refractivity contribution in [3.05, 3.63) is 71.8 Å². The Morgan fingerprint density at radius 1 is 0.774 bits per heavy atom. The fourth-order valence-corrected chi connectivity index (χ4v) is 2.71. The summed E-state index contributed by atoms with van der Waals surface area (Å²) >= 11 is 0. The number of benzene rings is 2. The van der Waals surface area contributed by atoms with E-state index >= 15 is 0 Å². The van der Waals surface area contributed by atoms with Crippen molar-refractivity contribution in [3.63, 3.8) is 0 Å². The summed E-state index contributed by atoms with van der Waals surface area (Å²) in [5.74, 6) is -3.71. The molecule has 2 amide bonds. The van der Waals surface area contributed by atoms with Crippen molar-refractivity contribution in [1.82, 2.24) is 10.6 Å². The van der Waals surface area contributed by atoms with Crippen LogP contribution in [0.1, 0.15) is 34.6 Å². The second-order valence-electron chi connectivity index (χ2n) is 6.86. The zero-order valence-electron chi connectivity index (χ0n) is 17.0. The lowest BCUT2D eigenvalue weighted by molar-refractivity contribution is -0.158. The smallest absolute Gasteiger partial charge is 0.331 e. The highest BCUT2D eigenvalue weighted by Gasteiger charge is 2.34. The van der Waals surface area contributed by atoms with E-state index in [1.807, 2.05) is 0 Å². The van der Waals surface area contributed by atoms with Gasteiger partial charge >= 0.3 is 11.9 Å². The van der Waals surface area contributed by atoms with Crippen molar-refractivity contribution in [1.29, 1.82) is 0 Å². The number of aliphatic hydroxyl groups excluding tert-OH is 1. The quantitative estimate of drug-likeness (QED) is 0.436. The molecule has 0 aromatic heterocycles. The molecule has 2 aromatic rings. The first kappa shape index (κ1) is 23.6. The lowest BCUT2D eigenvalue weighted by Crippen LogP contribution is -2.53. The summed E-state index contributed by atoms with van der Waals surface area (Å²) in [5.41, 5.74) is 0.511. The molecule has 0 aliphatic rings. The summed E-state index contributed by atoms with van der Waals surface area (Å²) in [6, 6.07) is 13.0. The van der Waals surface area contributed by atoms with Crippen LogP contribution in [-0.4, -0.2) is 58.3 Å². The van der Waals surface area contributed by atoms with E-state index in [0.29, 0.717) is 0 Å². The number of carbonyl (C=O) groups is 4. The Hall–Kier alpha value is -3.72. The first-order chi connectivity index (χ1) is 14.7. The maximum absolute atomic E-state index is 12.5. The fraction of sp³-hybridized carbons (Fsp3) is 0.273. The van der Waals surface area contributed by atoms with E-state index in [2.05, 4.69) is 10.6 Å². The molecule has 0 bridgehead atoms. The molecule has 0 saturated carbocycles. The van der Waals surface area contributed by atoms with Gasteiger partial charge in [-0.15, -0.1) is 0 Å². The van der Waals surface area contributed by atoms with Gasteiger partial charge in [0.2, 0.25) is 0 Å². The van der Waals surface area contributed by atoms with Gasteiger partial charge in [0.15, 0.2) is 12.1 Å². The standard InChI is InChI=1S/C22H24N2O7/c1-13(25)17(23-19(26)15-9-5-3-6-10-15)22(30)31-14(2)18(21(28)29)24-20(27)16-11-7-4-8-12-16/h3-14,17-18,25H,1-2H3,(H,23,26)(H,24,27)(H,28,29)/t13-,14+,17-,18-/m0/s1. The van der Waals surface area contributed by atoms with Crippen LogP contribution in [0.3, 0.4) is 0 Å². The predicted octanol–water partition coefficient (Wildman–Crippen LogP) is 0.981. The van der Waals surface area contributed by atoms with Crippen LogP contribution in [0.4, 0.5) is 0 Å². The number of carboxylic acid groups (broad SMARTS) is 1. The van der Waals surface area contributed by atoms with Crippen LogP contribution in [0.2, 0.25) is 0 Å². The van der Waals surface area contributed by atoms with Crippen LogP contribution in [0.5, 0.6) is 0 Å². The van der Waals surface area contributed by atoms with Crippen molar-refractivity contribution >= 4 is 23.8 Å². The summed E-state index contributed by atoms with van der Waals surface area (Å²) in [6.07, 6.45) is -2.60. The summed E-state index contributed by atoms with van der Waals surface area (Å²) in [7, 11) is 0. The van der Waals surface area contributed by atoms with Gasteiger partial charge in [0.05, 0.1) is 6.10 Å². The molecule has 0 radical (unpaired) electrons. The van der Waals surface area contributed by atoms with E-state index in [9.17, 15) is 29.4 Å². The molecule has 0 saturated heterocycles. The maximum atomic E-state index is 12.5. The molecule has 0 aliphatic heterocycles. The van der Waals surface area contributed by atoms with Crippen LogP contribution in [0.25, 0.3) is 0 Å². The lowest BCUT2D eigenvalue weighted by Gasteiger charge is -2.25. The predicted molar refractivity (Wildman–Crippen MR) is 110 cm³/mol. The zero-order valence-corrected chi connectivity index (χ0v) is 17.0. The second kappa shape index (κ2) is 10.9. The van der Waals surface area contributed by atoms with Gasteiger partial charge < -0.3 is 25.6 Å². The van der Waals surface area contributed by atoms with Gasteiger partial charge in [-0.2, -0.15) is 0 Å². The number of amides is 2. The third-order valence-corrected chi connectivity index (χ3v) is 4.42. The molecule has 0 fully saturated rings. The molecule has 0 heterocycles. The highest BCUT2D eigenvalue weighted by molar-refractivity contribution is 5.97. The summed E-state index contributed by atoms with van der Waals surface area (Å²) in [4.78, 5) is 48.8. The Morgan fingerprint density at radius 2 is 1.19 bits per heavy atom. The molecular formula is C22H24N2O7. The molecule has 164 valence electrons. The lowest BCUT2D eigenvalue weighted by atomic mass is 10.1. The monoisotopic (exact) mass is 428 g/mol. The van der Waals surface area contributed by atoms with Crippen LogP contribution >= 0.6 is 0 Å². The molecule has 0 spiro atoms. The molecular weight excluding hydrogens is 404 g/mol. The number of nitrogens with one attached hydrogen (secondary N) is 2. The first-order valence-corrected chi connectivity index (χ1v) is 9.54. The fourth-order valence-electron chi connectivity index (χ4n) is 2.71. The molecule has 2 rings (SSSR count). The Labute approximate surface area is 179 Å². The van der Waals surface area contributed by atoms with E-state index < -0.39 is 48.0 Å². The number of carbonyl (C=O) groups excluding carboxylic acids is 3. The first-order valence-electron chi connectivity index (χ1n) is 9.54. The minimum Gasteiger partial charge on any atom is -0.480 e. The molecule has 31 heavy (non-hydrogen) atoms. The third kappa shape index (κ3) is 6.65. The van der Waals surface area contributed by atoms with E-state index in [-0.39, 0.29) is 11.1 Å². The Morgan fingerprint density at radius 3 is 1.58 bits per heavy atom. The van der Waals surface area contributed by atoms with E-state index in [1.165, 1.54) is 38.1 Å². The molecule has 9 heteroatoms. The molecule has 0 aliphatic carbocycles. The van der Waals surface area contributed by atoms with Crippen molar-refractivity contribution in [2.75, 3.05) is 0 Å². The number of rotatable bonds is 9. The molecule has 4 atom stereocenters. The van der Waals surface area contributed by atoms with Crippen molar-refractivity contribution in [3.8, 4) is 0 Å². The Bertz CT molecular complexity index is 916. The number of aliphatic hydroxyl groups is 1. The number of carboxylic acids is 1. The van der Waals surface area contributed by atoms with Gasteiger partial charge in [-0.3, -0.25) is 9.59 Å². The van der Waals surface area contributed by atoms with Crippen molar-refractivity contribution < 1.29 is 34.1 Å². The van der Waals surface area contributed by atoms with Gasteiger partial charge in [0, 0.05) is 11.1 Å². The minimum absolute atomic E-state index is 0.240. The molecule has 2 aromatic carbocycles. The average molecular weight is 428 g/mol. The number of esters is 1. The van der Waals surface area contributed by atoms with Gasteiger partial charge in [-0.05, 0) is 38.1 Å². The van der Waals surface area contributed by atoms with Crippen LogP contribution < -0.4 is 10.6 Å². The van der Waals surface area contributed by atoms with Gasteiger partial charge in [-0.25, -0.2) is 9.59 Å². The second-order valence-corrected chi connectivity index (χ2v) is 6.86. The third-order valence-electron chi connectivity index (χ3n) is 4.42. The van der Waals surface area contributed by atoms with Crippen LogP contribution in [0.15, 0.2) is 60.7 Å². The Balaban J connectivity index is 2.07. The Kier molecular flexibility index (Phi) is 8.27. The molecule has 9 nitrogen and oxygen atoms in total. The zero-order chi connectivity index (χ0) is 23.0. The highest BCUT2D eigenvalue weighted by Crippen LogP contribution is 2.08. The number of ether oxygens (including phenoxy) is 1. The number of aliphatic carboxylic acids is 1. The van der Waals surface area contributed by atoms with E-state index in [1.54, 1.807) is 36.4 Å². The van der Waals surface area contributed by atoms with Crippen molar-refractivity contribution in [2.45, 2.75) is 38.1 Å². The number of hydrogen-bond donors (Lipinski definition) is 4. The molecule has 0 unspecified atom stereocenters. The number of hydrogen-bond acceptors (Lipinski definition) is 6. The summed E-state index contributed by atoms with van der Waals surface area (Å²) < 4.78 is 5.16. The minimum atomic E-state index is -1.55. The molecule has 4 N–H and O–H groups in total. The summed E-state index contributed by atoms with van der Waals surface area (Å²) in [6.45, 7) is 2.58. The van der Waals surface area contributed by atoms with Gasteiger partial charge in [0.1, 0.15) is 6.10 Å². The van der Waals surface area contributed by atoms with Gasteiger partial charge in [0.25, 0.3) is 11.8 Å². The van der Waals surface area contributed by atoms with Crippen LogP contribution in [-0.2, 0) is 14.3 Å². The normalized spacial score (nSPS) is 14.4. The highest BCUT2D eigenvalue weighted by atomic mass is 16.5. The van der Waals surface area contributed by atoms with E-state index in [4.69, 9.17) is 4.74 Å². The van der Waals surface area contributed by atoms with Crippen LogP contribution in [0, 0.1) is 0 Å². The average Bonchev–Trinajstić information content (AvgIpc) is 2.75. The van der Waals surface area contributed by atoms with Crippen molar-refractivity contribution in [2.24, 2.45) is 0 Å². The SMILES string of the molecule is C[C@H](O)[C@H](NC(=O)c1ccccc1)C(=O)O[C@H](C)[C@H](NC(=O)c1ccccc1)C(=O)O. The topological polar surface area (TPSA) is 142 Å². The summed E-state index contributed by atoms with van der Waals surface area (Å²) in [5, 5.41) is 24.1.